The quantitative estimate of drug-likeness (QED) is 0.490. The number of benzene rings is 1. The van der Waals surface area contributed by atoms with Crippen LogP contribution in [0.2, 0.25) is 5.02 Å². The summed E-state index contributed by atoms with van der Waals surface area (Å²) in [7, 11) is 0. The van der Waals surface area contributed by atoms with Gasteiger partial charge in [0.1, 0.15) is 18.0 Å². The molecule has 0 aliphatic rings. The van der Waals surface area contributed by atoms with Crippen LogP contribution in [-0.2, 0) is 0 Å². The number of nitrogens with zero attached hydrogens (tertiary/aromatic N) is 3. The van der Waals surface area contributed by atoms with E-state index in [0.29, 0.717) is 6.07 Å². The van der Waals surface area contributed by atoms with Crippen LogP contribution in [0.25, 0.3) is 0 Å². The predicted molar refractivity (Wildman–Crippen MR) is 53.7 cm³/mol. The van der Waals surface area contributed by atoms with Crippen molar-refractivity contribution in [2.75, 3.05) is 5.43 Å². The van der Waals surface area contributed by atoms with Gasteiger partial charge in [-0.1, -0.05) is 11.6 Å². The van der Waals surface area contributed by atoms with Gasteiger partial charge >= 0.3 is 0 Å². The Labute approximate surface area is 94.4 Å². The molecule has 1 rings (SSSR count). The maximum absolute atomic E-state index is 13.1. The van der Waals surface area contributed by atoms with Crippen LogP contribution in [0, 0.1) is 34.3 Å². The summed E-state index contributed by atoms with van der Waals surface area (Å²) >= 11 is 5.41. The van der Waals surface area contributed by atoms with Crippen molar-refractivity contribution in [1.29, 1.82) is 10.5 Å². The van der Waals surface area contributed by atoms with Gasteiger partial charge in [0.05, 0.1) is 10.7 Å². The number of hydrogen-bond donors (Lipinski definition) is 1. The van der Waals surface area contributed by atoms with E-state index in [4.69, 9.17) is 22.1 Å². The Kier molecular flexibility index (Phi) is 3.76. The highest BCUT2D eigenvalue weighted by Crippen LogP contribution is 2.23. The molecule has 1 N–H and O–H groups in total. The molecule has 1 aromatic carbocycles. The molecule has 0 atom stereocenters. The SMILES string of the molecule is N#CC(C#N)=NNc1cc(Cl)c(F)cc1F. The molecule has 0 amide bonds. The first-order valence-electron chi connectivity index (χ1n) is 3.87. The topological polar surface area (TPSA) is 72.0 Å². The van der Waals surface area contributed by atoms with Gasteiger partial charge in [0.15, 0.2) is 5.82 Å². The van der Waals surface area contributed by atoms with Crippen LogP contribution in [0.15, 0.2) is 17.2 Å². The van der Waals surface area contributed by atoms with Crippen molar-refractivity contribution in [3.05, 3.63) is 28.8 Å². The smallest absolute Gasteiger partial charge is 0.237 e. The lowest BCUT2D eigenvalue weighted by atomic mass is 10.3. The lowest BCUT2D eigenvalue weighted by molar-refractivity contribution is 0.585. The number of anilines is 1. The fourth-order valence-corrected chi connectivity index (χ4v) is 0.963. The second kappa shape index (κ2) is 5.06. The fourth-order valence-electron chi connectivity index (χ4n) is 0.799. The molecule has 16 heavy (non-hydrogen) atoms. The molecule has 1 aromatic rings. The summed E-state index contributed by atoms with van der Waals surface area (Å²) < 4.78 is 25.8. The van der Waals surface area contributed by atoms with Crippen molar-refractivity contribution in [3.63, 3.8) is 0 Å². The van der Waals surface area contributed by atoms with Gasteiger partial charge < -0.3 is 0 Å². The Morgan fingerprint density at radius 2 is 1.88 bits per heavy atom. The third-order valence-corrected chi connectivity index (χ3v) is 1.80. The molecule has 0 aliphatic carbocycles. The van der Waals surface area contributed by atoms with Crippen LogP contribution in [0.4, 0.5) is 14.5 Å². The lowest BCUT2D eigenvalue weighted by Crippen LogP contribution is -1.99. The van der Waals surface area contributed by atoms with E-state index in [1.54, 1.807) is 0 Å². The zero-order chi connectivity index (χ0) is 12.1. The van der Waals surface area contributed by atoms with Gasteiger partial charge in [0, 0.05) is 6.07 Å². The third-order valence-electron chi connectivity index (χ3n) is 1.51. The predicted octanol–water partition coefficient (Wildman–Crippen LogP) is 2.43. The molecular weight excluding hydrogens is 238 g/mol. The summed E-state index contributed by atoms with van der Waals surface area (Å²) in [4.78, 5) is 0. The molecule has 0 saturated carbocycles. The standard InChI is InChI=1S/C9H3ClF2N4/c10-6-1-9(8(12)2-7(6)11)16-15-5(3-13)4-14/h1-2,16H. The third kappa shape index (κ3) is 2.66. The van der Waals surface area contributed by atoms with Crippen molar-refractivity contribution >= 4 is 23.0 Å². The fraction of sp³-hybridized carbons (Fsp3) is 0. The lowest BCUT2D eigenvalue weighted by Gasteiger charge is -2.02. The second-order valence-corrected chi connectivity index (χ2v) is 2.95. The largest absolute Gasteiger partial charge is 0.273 e. The van der Waals surface area contributed by atoms with Crippen LogP contribution in [0.1, 0.15) is 0 Å². The van der Waals surface area contributed by atoms with Crippen LogP contribution >= 0.6 is 11.6 Å². The van der Waals surface area contributed by atoms with Gasteiger partial charge in [-0.25, -0.2) is 8.78 Å². The number of hydrogen-bond acceptors (Lipinski definition) is 4. The van der Waals surface area contributed by atoms with Crippen molar-refractivity contribution in [2.24, 2.45) is 5.10 Å². The molecule has 7 heteroatoms. The molecule has 0 aromatic heterocycles. The first-order chi connectivity index (χ1) is 7.58. The minimum absolute atomic E-state index is 0.227. The zero-order valence-corrected chi connectivity index (χ0v) is 8.39. The van der Waals surface area contributed by atoms with E-state index in [1.807, 2.05) is 0 Å². The van der Waals surface area contributed by atoms with Crippen molar-refractivity contribution in [3.8, 4) is 12.1 Å². The van der Waals surface area contributed by atoms with Gasteiger partial charge in [-0.2, -0.15) is 15.6 Å². The highest BCUT2D eigenvalue weighted by Gasteiger charge is 2.08. The molecule has 0 unspecified atom stereocenters. The number of halogens is 3. The number of rotatable bonds is 2. The second-order valence-electron chi connectivity index (χ2n) is 2.54. The van der Waals surface area contributed by atoms with Crippen LogP contribution in [0.5, 0.6) is 0 Å². The summed E-state index contributed by atoms with van der Waals surface area (Å²) in [6.45, 7) is 0. The van der Waals surface area contributed by atoms with E-state index < -0.39 is 17.3 Å². The summed E-state index contributed by atoms with van der Waals surface area (Å²) in [5, 5.41) is 19.7. The Balaban J connectivity index is 3.01. The average molecular weight is 241 g/mol. The molecule has 0 aliphatic heterocycles. The molecule has 0 saturated heterocycles. The summed E-state index contributed by atoms with van der Waals surface area (Å²) in [6.07, 6.45) is 0. The molecule has 0 heterocycles. The Bertz CT molecular complexity index is 512. The Hall–Kier alpha value is -2.18. The maximum atomic E-state index is 13.1. The highest BCUT2D eigenvalue weighted by atomic mass is 35.5. The highest BCUT2D eigenvalue weighted by molar-refractivity contribution is 6.31. The first-order valence-corrected chi connectivity index (χ1v) is 4.24. The van der Waals surface area contributed by atoms with Crippen LogP contribution in [0.3, 0.4) is 0 Å². The first kappa shape index (κ1) is 11.9. The van der Waals surface area contributed by atoms with Crippen molar-refractivity contribution in [2.45, 2.75) is 0 Å². The van der Waals surface area contributed by atoms with E-state index in [1.165, 1.54) is 12.1 Å². The number of nitriles is 2. The van der Waals surface area contributed by atoms with Crippen LogP contribution in [-0.4, -0.2) is 5.71 Å². The van der Waals surface area contributed by atoms with Gasteiger partial charge in [-0.05, 0) is 6.07 Å². The molecule has 0 fully saturated rings. The molecule has 4 nitrogen and oxygen atoms in total. The molecule has 80 valence electrons. The normalized spacial score (nSPS) is 8.81. The molecular formula is C9H3ClF2N4. The van der Waals surface area contributed by atoms with Gasteiger partial charge in [-0.15, -0.1) is 0 Å². The van der Waals surface area contributed by atoms with Crippen molar-refractivity contribution < 1.29 is 8.78 Å². The zero-order valence-electron chi connectivity index (χ0n) is 7.63. The summed E-state index contributed by atoms with van der Waals surface area (Å²) in [6, 6.07) is 4.46. The number of hydrazone groups is 1. The maximum Gasteiger partial charge on any atom is 0.237 e. The van der Waals surface area contributed by atoms with E-state index in [2.05, 4.69) is 10.5 Å². The van der Waals surface area contributed by atoms with Gasteiger partial charge in [0.25, 0.3) is 0 Å². The van der Waals surface area contributed by atoms with E-state index in [0.717, 1.165) is 6.07 Å². The Morgan fingerprint density at radius 1 is 1.25 bits per heavy atom. The molecule has 0 bridgehead atoms. The monoisotopic (exact) mass is 240 g/mol. The minimum Gasteiger partial charge on any atom is -0.273 e. The van der Waals surface area contributed by atoms with Crippen molar-refractivity contribution in [1.82, 2.24) is 0 Å². The minimum atomic E-state index is -0.930. The van der Waals surface area contributed by atoms with E-state index in [9.17, 15) is 8.78 Å². The van der Waals surface area contributed by atoms with Crippen LogP contribution < -0.4 is 5.43 Å². The molecule has 0 spiro atoms. The Morgan fingerprint density at radius 3 is 2.44 bits per heavy atom. The summed E-state index contributed by atoms with van der Waals surface area (Å²) in [5.74, 6) is -1.84. The van der Waals surface area contributed by atoms with E-state index >= 15 is 0 Å². The summed E-state index contributed by atoms with van der Waals surface area (Å²) in [5.41, 5.74) is 1.39. The average Bonchev–Trinajstić information content (AvgIpc) is 2.26. The number of nitrogens with one attached hydrogen (secondary N) is 1. The van der Waals surface area contributed by atoms with E-state index in [-0.39, 0.29) is 10.7 Å². The van der Waals surface area contributed by atoms with Gasteiger partial charge in [0.2, 0.25) is 5.71 Å². The molecule has 0 radical (unpaired) electrons. The van der Waals surface area contributed by atoms with Gasteiger partial charge in [-0.3, -0.25) is 5.43 Å².